The average Bonchev–Trinajstić information content (AvgIpc) is 2.94. The van der Waals surface area contributed by atoms with Gasteiger partial charge in [-0.1, -0.05) is 13.0 Å². The molecule has 0 unspecified atom stereocenters. The molecule has 9 heteroatoms. The Hall–Kier alpha value is -3.10. The number of benzene rings is 1. The summed E-state index contributed by atoms with van der Waals surface area (Å²) in [5.41, 5.74) is -0.339. The minimum atomic E-state index is -0.883. The van der Waals surface area contributed by atoms with Crippen LogP contribution in [0.3, 0.4) is 0 Å². The third-order valence-electron chi connectivity index (χ3n) is 5.83. The lowest BCUT2D eigenvalue weighted by atomic mass is 9.77. The van der Waals surface area contributed by atoms with Crippen molar-refractivity contribution in [1.82, 2.24) is 15.1 Å². The fourth-order valence-electron chi connectivity index (χ4n) is 3.87. The van der Waals surface area contributed by atoms with Gasteiger partial charge in [0.2, 0.25) is 11.8 Å². The maximum absolute atomic E-state index is 12.9. The van der Waals surface area contributed by atoms with Crippen molar-refractivity contribution in [2.24, 2.45) is 5.92 Å². The van der Waals surface area contributed by atoms with Crippen molar-refractivity contribution in [3.63, 3.8) is 0 Å². The zero-order valence-corrected chi connectivity index (χ0v) is 17.6. The lowest BCUT2D eigenvalue weighted by molar-refractivity contribution is -0.139. The molecule has 2 aliphatic rings. The summed E-state index contributed by atoms with van der Waals surface area (Å²) in [4.78, 5) is 52.2. The van der Waals surface area contributed by atoms with E-state index in [1.165, 1.54) is 19.1 Å². The van der Waals surface area contributed by atoms with Gasteiger partial charge in [0, 0.05) is 18.8 Å². The lowest BCUT2D eigenvalue weighted by Crippen LogP contribution is -2.50. The number of carbonyl (C=O) groups is 4. The minimum Gasteiger partial charge on any atom is -0.497 e. The molecule has 1 saturated heterocycles. The first-order chi connectivity index (χ1) is 14.2. The molecule has 1 spiro atoms. The van der Waals surface area contributed by atoms with Crippen LogP contribution < -0.4 is 15.4 Å². The zero-order chi connectivity index (χ0) is 21.9. The van der Waals surface area contributed by atoms with E-state index in [2.05, 4.69) is 17.6 Å². The summed E-state index contributed by atoms with van der Waals surface area (Å²) >= 11 is 0. The Morgan fingerprint density at radius 2 is 2.00 bits per heavy atom. The van der Waals surface area contributed by atoms with E-state index in [1.54, 1.807) is 24.3 Å². The first-order valence-corrected chi connectivity index (χ1v) is 10.1. The Kier molecular flexibility index (Phi) is 6.28. The predicted octanol–water partition coefficient (Wildman–Crippen LogP) is 1.59. The third-order valence-corrected chi connectivity index (χ3v) is 5.83. The molecule has 2 N–H and O–H groups in total. The van der Waals surface area contributed by atoms with Gasteiger partial charge in [0.25, 0.3) is 5.91 Å². The number of hydrogen-bond donors (Lipinski definition) is 2. The summed E-state index contributed by atoms with van der Waals surface area (Å²) in [6.07, 6.45) is 2.89. The number of rotatable bonds is 6. The molecule has 5 amide bonds. The molecule has 9 nitrogen and oxygen atoms in total. The Morgan fingerprint density at radius 3 is 2.67 bits per heavy atom. The van der Waals surface area contributed by atoms with Crippen molar-refractivity contribution < 1.29 is 23.9 Å². The largest absolute Gasteiger partial charge is 0.497 e. The number of likely N-dealkylation sites (N-methyl/N-ethyl adjacent to an activating group) is 1. The van der Waals surface area contributed by atoms with E-state index >= 15 is 0 Å². The fraction of sp³-hybridized carbons (Fsp3) is 0.524. The van der Waals surface area contributed by atoms with Gasteiger partial charge in [0.05, 0.1) is 13.7 Å². The number of imide groups is 1. The van der Waals surface area contributed by atoms with Crippen LogP contribution in [0.1, 0.15) is 32.6 Å². The van der Waals surface area contributed by atoms with Crippen LogP contribution in [0.4, 0.5) is 10.5 Å². The van der Waals surface area contributed by atoms with Gasteiger partial charge in [-0.2, -0.15) is 0 Å². The Balaban J connectivity index is 1.55. The molecular weight excluding hydrogens is 388 g/mol. The molecule has 162 valence electrons. The summed E-state index contributed by atoms with van der Waals surface area (Å²) in [5.74, 6) is -0.108. The number of ether oxygens (including phenoxy) is 1. The van der Waals surface area contributed by atoms with Gasteiger partial charge in [-0.3, -0.25) is 19.3 Å². The fourth-order valence-corrected chi connectivity index (χ4v) is 3.87. The summed E-state index contributed by atoms with van der Waals surface area (Å²) in [6, 6.07) is 6.32. The van der Waals surface area contributed by atoms with Crippen LogP contribution in [-0.4, -0.2) is 66.3 Å². The van der Waals surface area contributed by atoms with Crippen molar-refractivity contribution in [3.8, 4) is 5.75 Å². The van der Waals surface area contributed by atoms with Crippen LogP contribution in [0.5, 0.6) is 5.75 Å². The van der Waals surface area contributed by atoms with Crippen LogP contribution in [0.2, 0.25) is 0 Å². The van der Waals surface area contributed by atoms with Crippen molar-refractivity contribution in [2.45, 2.75) is 38.1 Å². The van der Waals surface area contributed by atoms with E-state index in [0.717, 1.165) is 17.7 Å². The maximum atomic E-state index is 12.9. The molecule has 0 bridgehead atoms. The van der Waals surface area contributed by atoms with Gasteiger partial charge >= 0.3 is 6.03 Å². The molecule has 1 heterocycles. The van der Waals surface area contributed by atoms with Crippen molar-refractivity contribution in [3.05, 3.63) is 24.3 Å². The predicted molar refractivity (Wildman–Crippen MR) is 110 cm³/mol. The van der Waals surface area contributed by atoms with Crippen LogP contribution in [0, 0.1) is 5.92 Å². The molecule has 1 aromatic rings. The molecule has 1 aliphatic heterocycles. The molecular formula is C21H28N4O5. The highest BCUT2D eigenvalue weighted by molar-refractivity contribution is 6.09. The summed E-state index contributed by atoms with van der Waals surface area (Å²) in [5, 5.41) is 5.49. The van der Waals surface area contributed by atoms with Gasteiger partial charge in [-0.25, -0.2) is 4.79 Å². The number of carbonyl (C=O) groups excluding carboxylic acids is 4. The van der Waals surface area contributed by atoms with Gasteiger partial charge in [0.1, 0.15) is 17.8 Å². The first-order valence-electron chi connectivity index (χ1n) is 10.1. The third kappa shape index (κ3) is 4.55. The molecule has 1 aliphatic carbocycles. The summed E-state index contributed by atoms with van der Waals surface area (Å²) in [7, 11) is 2.99. The zero-order valence-electron chi connectivity index (χ0n) is 17.6. The quantitative estimate of drug-likeness (QED) is 0.685. The second-order valence-corrected chi connectivity index (χ2v) is 8.12. The second kappa shape index (κ2) is 8.73. The average molecular weight is 416 g/mol. The normalized spacial score (nSPS) is 23.3. The maximum Gasteiger partial charge on any atom is 0.325 e. The highest BCUT2D eigenvalue weighted by Crippen LogP contribution is 2.36. The van der Waals surface area contributed by atoms with Crippen LogP contribution >= 0.6 is 0 Å². The first kappa shape index (κ1) is 21.6. The Labute approximate surface area is 175 Å². The molecule has 1 aromatic carbocycles. The molecule has 0 aromatic heterocycles. The van der Waals surface area contributed by atoms with E-state index in [0.29, 0.717) is 30.2 Å². The molecule has 0 atom stereocenters. The van der Waals surface area contributed by atoms with Gasteiger partial charge < -0.3 is 20.3 Å². The van der Waals surface area contributed by atoms with Gasteiger partial charge in [0.15, 0.2) is 0 Å². The van der Waals surface area contributed by atoms with Crippen molar-refractivity contribution >= 4 is 29.4 Å². The second-order valence-electron chi connectivity index (χ2n) is 8.12. The van der Waals surface area contributed by atoms with E-state index in [9.17, 15) is 19.2 Å². The van der Waals surface area contributed by atoms with Crippen LogP contribution in [-0.2, 0) is 14.4 Å². The highest BCUT2D eigenvalue weighted by atomic mass is 16.5. The van der Waals surface area contributed by atoms with Crippen molar-refractivity contribution in [1.29, 1.82) is 0 Å². The standard InChI is InChI=1S/C21H28N4O5/c1-14-7-9-21(10-8-14)19(28)25(20(29)23-21)13-18(27)24(2)12-17(26)22-15-5-4-6-16(11-15)30-3/h4-6,11,14H,7-10,12-13H2,1-3H3,(H,22,26)(H,23,29). The summed E-state index contributed by atoms with van der Waals surface area (Å²) < 4.78 is 5.11. The Morgan fingerprint density at radius 1 is 1.30 bits per heavy atom. The Bertz CT molecular complexity index is 848. The topological polar surface area (TPSA) is 108 Å². The molecule has 1 saturated carbocycles. The number of nitrogens with zero attached hydrogens (tertiary/aromatic N) is 2. The van der Waals surface area contributed by atoms with Crippen molar-refractivity contribution in [2.75, 3.05) is 32.6 Å². The number of urea groups is 1. The molecule has 3 rings (SSSR count). The monoisotopic (exact) mass is 416 g/mol. The smallest absolute Gasteiger partial charge is 0.325 e. The van der Waals surface area contributed by atoms with Crippen LogP contribution in [0.25, 0.3) is 0 Å². The minimum absolute atomic E-state index is 0.206. The number of methoxy groups -OCH3 is 1. The molecule has 30 heavy (non-hydrogen) atoms. The van der Waals surface area contributed by atoms with Gasteiger partial charge in [-0.05, 0) is 43.7 Å². The number of hydrogen-bond acceptors (Lipinski definition) is 5. The molecule has 0 radical (unpaired) electrons. The van der Waals surface area contributed by atoms with Gasteiger partial charge in [-0.15, -0.1) is 0 Å². The SMILES string of the molecule is COc1cccc(NC(=O)CN(C)C(=O)CN2C(=O)NC3(CCC(C)CC3)C2=O)c1. The number of amides is 5. The van der Waals surface area contributed by atoms with E-state index in [4.69, 9.17) is 4.74 Å². The van der Waals surface area contributed by atoms with E-state index < -0.39 is 23.4 Å². The highest BCUT2D eigenvalue weighted by Gasteiger charge is 2.52. The molecule has 2 fully saturated rings. The van der Waals surface area contributed by atoms with E-state index in [1.807, 2.05) is 0 Å². The van der Waals surface area contributed by atoms with E-state index in [-0.39, 0.29) is 19.0 Å². The lowest BCUT2D eigenvalue weighted by Gasteiger charge is -2.33. The number of anilines is 1. The number of nitrogens with one attached hydrogen (secondary N) is 2. The summed E-state index contributed by atoms with van der Waals surface area (Å²) in [6.45, 7) is 1.54. The van der Waals surface area contributed by atoms with Crippen LogP contribution in [0.15, 0.2) is 24.3 Å².